The Bertz CT molecular complexity index is 977. The number of methoxy groups -OCH3 is 1. The number of hydrogen-bond donors (Lipinski definition) is 0. The van der Waals surface area contributed by atoms with Crippen LogP contribution >= 0.6 is 11.3 Å². The van der Waals surface area contributed by atoms with Gasteiger partial charge < -0.3 is 4.74 Å². The lowest BCUT2D eigenvalue weighted by Gasteiger charge is -2.01. The van der Waals surface area contributed by atoms with Crippen LogP contribution in [-0.4, -0.2) is 26.9 Å². The zero-order chi connectivity index (χ0) is 15.8. The van der Waals surface area contributed by atoms with Crippen LogP contribution in [0.4, 0.5) is 4.39 Å². The fourth-order valence-corrected chi connectivity index (χ4v) is 3.11. The van der Waals surface area contributed by atoms with Crippen molar-refractivity contribution >= 4 is 16.3 Å². The van der Waals surface area contributed by atoms with Gasteiger partial charge in [0.05, 0.1) is 7.11 Å². The average molecular weight is 326 g/mol. The molecule has 0 amide bonds. The second kappa shape index (κ2) is 5.44. The molecule has 0 saturated heterocycles. The van der Waals surface area contributed by atoms with Gasteiger partial charge in [0.25, 0.3) is 0 Å². The number of ether oxygens (including phenoxy) is 1. The maximum absolute atomic E-state index is 13.0. The molecule has 0 aliphatic rings. The standard InChI is InChI=1S/C16H11FN4OS/c1-22-13-4-2-3-11(9-13)14-18-19-16-21(14)20-15(23-16)10-5-7-12(17)8-6-10/h2-9H,1H3. The van der Waals surface area contributed by atoms with Crippen molar-refractivity contribution in [3.05, 3.63) is 54.3 Å². The molecule has 2 heterocycles. The van der Waals surface area contributed by atoms with Gasteiger partial charge in [-0.05, 0) is 36.4 Å². The molecule has 0 atom stereocenters. The zero-order valence-corrected chi connectivity index (χ0v) is 12.9. The van der Waals surface area contributed by atoms with Gasteiger partial charge in [0.15, 0.2) is 5.82 Å². The molecule has 0 fully saturated rings. The van der Waals surface area contributed by atoms with Crippen LogP contribution in [0.1, 0.15) is 0 Å². The van der Waals surface area contributed by atoms with Gasteiger partial charge in [0.2, 0.25) is 4.96 Å². The van der Waals surface area contributed by atoms with Gasteiger partial charge in [-0.1, -0.05) is 23.5 Å². The quantitative estimate of drug-likeness (QED) is 0.576. The first-order chi connectivity index (χ1) is 11.2. The molecule has 0 aliphatic carbocycles. The number of nitrogens with zero attached hydrogens (tertiary/aromatic N) is 4. The lowest BCUT2D eigenvalue weighted by Crippen LogP contribution is -1.92. The number of halogens is 1. The molecule has 2 aromatic carbocycles. The van der Waals surface area contributed by atoms with E-state index in [1.807, 2.05) is 24.3 Å². The van der Waals surface area contributed by atoms with E-state index in [0.717, 1.165) is 21.9 Å². The van der Waals surface area contributed by atoms with Crippen LogP contribution in [-0.2, 0) is 0 Å². The first-order valence-electron chi connectivity index (χ1n) is 6.87. The maximum Gasteiger partial charge on any atom is 0.235 e. The van der Waals surface area contributed by atoms with Gasteiger partial charge in [-0.2, -0.15) is 9.61 Å². The van der Waals surface area contributed by atoms with E-state index in [9.17, 15) is 4.39 Å². The van der Waals surface area contributed by atoms with Crippen LogP contribution in [0.15, 0.2) is 48.5 Å². The van der Waals surface area contributed by atoms with E-state index in [-0.39, 0.29) is 5.82 Å². The van der Waals surface area contributed by atoms with Crippen molar-refractivity contribution in [2.24, 2.45) is 0 Å². The van der Waals surface area contributed by atoms with Gasteiger partial charge in [-0.3, -0.25) is 0 Å². The Morgan fingerprint density at radius 2 is 1.87 bits per heavy atom. The van der Waals surface area contributed by atoms with E-state index < -0.39 is 0 Å². The highest BCUT2D eigenvalue weighted by Gasteiger charge is 2.14. The summed E-state index contributed by atoms with van der Waals surface area (Å²) in [5.74, 6) is 1.12. The molecule has 0 radical (unpaired) electrons. The average Bonchev–Trinajstić information content (AvgIpc) is 3.16. The highest BCUT2D eigenvalue weighted by molar-refractivity contribution is 7.19. The second-order valence-corrected chi connectivity index (χ2v) is 5.82. The first-order valence-corrected chi connectivity index (χ1v) is 7.69. The normalized spacial score (nSPS) is 11.0. The van der Waals surface area contributed by atoms with Crippen LogP contribution in [0, 0.1) is 5.82 Å². The number of hydrogen-bond acceptors (Lipinski definition) is 5. The van der Waals surface area contributed by atoms with E-state index in [1.54, 1.807) is 23.8 Å². The first kappa shape index (κ1) is 13.8. The van der Waals surface area contributed by atoms with Crippen LogP contribution in [0.2, 0.25) is 0 Å². The van der Waals surface area contributed by atoms with Gasteiger partial charge in [-0.15, -0.1) is 10.2 Å². The summed E-state index contributed by atoms with van der Waals surface area (Å²) in [5, 5.41) is 13.7. The molecule has 0 bridgehead atoms. The van der Waals surface area contributed by atoms with Crippen LogP contribution in [0.25, 0.3) is 26.9 Å². The zero-order valence-electron chi connectivity index (χ0n) is 12.1. The largest absolute Gasteiger partial charge is 0.497 e. The smallest absolute Gasteiger partial charge is 0.235 e. The van der Waals surface area contributed by atoms with Crippen LogP contribution < -0.4 is 4.74 Å². The van der Waals surface area contributed by atoms with Crippen LogP contribution in [0.3, 0.4) is 0 Å². The summed E-state index contributed by atoms with van der Waals surface area (Å²) in [5.41, 5.74) is 1.71. The number of benzene rings is 2. The van der Waals surface area contributed by atoms with Crippen molar-refractivity contribution in [2.75, 3.05) is 7.11 Å². The molecule has 0 saturated carbocycles. The number of rotatable bonds is 3. The molecule has 114 valence electrons. The van der Waals surface area contributed by atoms with Crippen molar-refractivity contribution < 1.29 is 9.13 Å². The maximum atomic E-state index is 13.0. The molecular weight excluding hydrogens is 315 g/mol. The molecule has 4 aromatic rings. The Labute approximate surface area is 135 Å². The van der Waals surface area contributed by atoms with E-state index in [2.05, 4.69) is 15.3 Å². The van der Waals surface area contributed by atoms with Crippen molar-refractivity contribution in [1.29, 1.82) is 0 Å². The lowest BCUT2D eigenvalue weighted by molar-refractivity contribution is 0.415. The third-order valence-electron chi connectivity index (χ3n) is 3.41. The predicted octanol–water partition coefficient (Wildman–Crippen LogP) is 3.67. The molecular formula is C16H11FN4OS. The summed E-state index contributed by atoms with van der Waals surface area (Å²) >= 11 is 1.41. The predicted molar refractivity (Wildman–Crippen MR) is 86.0 cm³/mol. The lowest BCUT2D eigenvalue weighted by atomic mass is 10.2. The van der Waals surface area contributed by atoms with E-state index >= 15 is 0 Å². The van der Waals surface area contributed by atoms with Gasteiger partial charge >= 0.3 is 0 Å². The summed E-state index contributed by atoms with van der Waals surface area (Å²) < 4.78 is 20.0. The third kappa shape index (κ3) is 2.44. The number of aromatic nitrogens is 4. The fraction of sp³-hybridized carbons (Fsp3) is 0.0625. The summed E-state index contributed by atoms with van der Waals surface area (Å²) in [4.78, 5) is 0.683. The SMILES string of the molecule is COc1cccc(-c2nnc3sc(-c4ccc(F)cc4)nn23)c1. The summed E-state index contributed by atoms with van der Waals surface area (Å²) in [6.45, 7) is 0. The summed E-state index contributed by atoms with van der Waals surface area (Å²) in [6, 6.07) is 13.8. The molecule has 5 nitrogen and oxygen atoms in total. The molecule has 2 aromatic heterocycles. The minimum atomic E-state index is -0.270. The fourth-order valence-electron chi connectivity index (χ4n) is 2.27. The van der Waals surface area contributed by atoms with Gasteiger partial charge in [-0.25, -0.2) is 4.39 Å². The Balaban J connectivity index is 1.81. The van der Waals surface area contributed by atoms with Gasteiger partial charge in [0.1, 0.15) is 16.6 Å². The Morgan fingerprint density at radius 1 is 1.04 bits per heavy atom. The molecule has 4 rings (SSSR count). The summed E-state index contributed by atoms with van der Waals surface area (Å²) in [7, 11) is 1.62. The Morgan fingerprint density at radius 3 is 2.65 bits per heavy atom. The second-order valence-electron chi connectivity index (χ2n) is 4.86. The van der Waals surface area contributed by atoms with E-state index in [0.29, 0.717) is 10.8 Å². The summed E-state index contributed by atoms with van der Waals surface area (Å²) in [6.07, 6.45) is 0. The third-order valence-corrected chi connectivity index (χ3v) is 4.36. The van der Waals surface area contributed by atoms with Gasteiger partial charge in [0, 0.05) is 11.1 Å². The molecule has 0 spiro atoms. The topological polar surface area (TPSA) is 52.3 Å². The Kier molecular flexibility index (Phi) is 3.27. The molecule has 0 unspecified atom stereocenters. The van der Waals surface area contributed by atoms with Crippen molar-refractivity contribution in [3.8, 4) is 27.7 Å². The molecule has 23 heavy (non-hydrogen) atoms. The van der Waals surface area contributed by atoms with E-state index in [1.165, 1.54) is 23.5 Å². The number of fused-ring (bicyclic) bond motifs is 1. The minimum Gasteiger partial charge on any atom is -0.497 e. The van der Waals surface area contributed by atoms with Crippen LogP contribution in [0.5, 0.6) is 5.75 Å². The highest BCUT2D eigenvalue weighted by Crippen LogP contribution is 2.29. The Hall–Kier alpha value is -2.80. The van der Waals surface area contributed by atoms with Crippen molar-refractivity contribution in [1.82, 2.24) is 19.8 Å². The molecule has 7 heteroatoms. The van der Waals surface area contributed by atoms with Crippen molar-refractivity contribution in [2.45, 2.75) is 0 Å². The highest BCUT2D eigenvalue weighted by atomic mass is 32.1. The van der Waals surface area contributed by atoms with Crippen molar-refractivity contribution in [3.63, 3.8) is 0 Å². The molecule has 0 aliphatic heterocycles. The molecule has 0 N–H and O–H groups in total. The monoisotopic (exact) mass is 326 g/mol. The van der Waals surface area contributed by atoms with E-state index in [4.69, 9.17) is 4.74 Å². The minimum absolute atomic E-state index is 0.270.